The first kappa shape index (κ1) is 17.7. The van der Waals surface area contributed by atoms with Gasteiger partial charge in [-0.25, -0.2) is 0 Å². The van der Waals surface area contributed by atoms with E-state index in [1.807, 2.05) is 0 Å². The lowest BCUT2D eigenvalue weighted by atomic mass is 9.74. The molecule has 0 aromatic rings. The number of likely N-dealkylation sites (tertiary alicyclic amines) is 1. The van der Waals surface area contributed by atoms with Gasteiger partial charge in [0.05, 0.1) is 5.41 Å². The minimum atomic E-state index is -4.85. The van der Waals surface area contributed by atoms with E-state index in [0.29, 0.717) is 19.8 Å². The molecule has 0 aliphatic carbocycles. The Kier molecular flexibility index (Phi) is 4.62. The SMILES string of the molecule is CC(C)(C(=O)O)C1CCCN(C(=O)C(C)(N)C(F)(F)F)C1. The highest BCUT2D eigenvalue weighted by molar-refractivity contribution is 5.87. The number of piperidine rings is 1. The number of hydrogen-bond donors (Lipinski definition) is 2. The number of aliphatic carboxylic acids is 1. The van der Waals surface area contributed by atoms with Gasteiger partial charge in [0.1, 0.15) is 0 Å². The van der Waals surface area contributed by atoms with Crippen LogP contribution in [-0.2, 0) is 9.59 Å². The van der Waals surface area contributed by atoms with Crippen LogP contribution in [0.1, 0.15) is 33.6 Å². The van der Waals surface area contributed by atoms with Gasteiger partial charge in [0.15, 0.2) is 5.54 Å². The first-order chi connectivity index (χ1) is 9.31. The molecule has 0 saturated carbocycles. The number of hydrogen-bond acceptors (Lipinski definition) is 3. The van der Waals surface area contributed by atoms with Crippen molar-refractivity contribution < 1.29 is 27.9 Å². The Bertz CT molecular complexity index is 433. The lowest BCUT2D eigenvalue weighted by molar-refractivity contribution is -0.195. The molecule has 0 radical (unpaired) electrons. The molecule has 1 aliphatic rings. The first-order valence-corrected chi connectivity index (χ1v) is 6.70. The van der Waals surface area contributed by atoms with Crippen LogP contribution >= 0.6 is 0 Å². The van der Waals surface area contributed by atoms with Crippen molar-refractivity contribution in [1.82, 2.24) is 4.90 Å². The lowest BCUT2D eigenvalue weighted by Gasteiger charge is -2.41. The van der Waals surface area contributed by atoms with Crippen LogP contribution in [0, 0.1) is 11.3 Å². The summed E-state index contributed by atoms with van der Waals surface area (Å²) in [6, 6.07) is 0. The molecule has 122 valence electrons. The van der Waals surface area contributed by atoms with Gasteiger partial charge in [0.25, 0.3) is 5.91 Å². The molecule has 1 aliphatic heterocycles. The zero-order valence-electron chi connectivity index (χ0n) is 12.3. The van der Waals surface area contributed by atoms with Crippen LogP contribution in [0.25, 0.3) is 0 Å². The fraction of sp³-hybridized carbons (Fsp3) is 0.846. The van der Waals surface area contributed by atoms with Gasteiger partial charge in [-0.3, -0.25) is 9.59 Å². The molecule has 1 rings (SSSR count). The summed E-state index contributed by atoms with van der Waals surface area (Å²) in [4.78, 5) is 24.3. The van der Waals surface area contributed by atoms with Crippen LogP contribution in [0.4, 0.5) is 13.2 Å². The molecule has 1 heterocycles. The average molecular weight is 310 g/mol. The van der Waals surface area contributed by atoms with Gasteiger partial charge >= 0.3 is 12.1 Å². The van der Waals surface area contributed by atoms with Crippen molar-refractivity contribution >= 4 is 11.9 Å². The average Bonchev–Trinajstić information content (AvgIpc) is 2.36. The summed E-state index contributed by atoms with van der Waals surface area (Å²) in [6.07, 6.45) is -3.84. The predicted molar refractivity (Wildman–Crippen MR) is 69.4 cm³/mol. The molecule has 0 aromatic carbocycles. The number of carboxylic acid groups (broad SMARTS) is 1. The van der Waals surface area contributed by atoms with Crippen molar-refractivity contribution in [3.8, 4) is 0 Å². The highest BCUT2D eigenvalue weighted by atomic mass is 19.4. The number of amides is 1. The Labute approximate surface area is 121 Å². The van der Waals surface area contributed by atoms with Crippen molar-refractivity contribution in [2.24, 2.45) is 17.1 Å². The number of carbonyl (C=O) groups is 2. The fourth-order valence-electron chi connectivity index (χ4n) is 2.37. The number of alkyl halides is 3. The van der Waals surface area contributed by atoms with Crippen LogP contribution < -0.4 is 5.73 Å². The normalized spacial score (nSPS) is 23.6. The van der Waals surface area contributed by atoms with E-state index in [9.17, 15) is 27.9 Å². The Balaban J connectivity index is 2.92. The summed E-state index contributed by atoms with van der Waals surface area (Å²) in [6.45, 7) is 3.80. The van der Waals surface area contributed by atoms with Gasteiger partial charge in [-0.15, -0.1) is 0 Å². The second-order valence-corrected chi connectivity index (χ2v) is 6.32. The molecule has 0 bridgehead atoms. The maximum atomic E-state index is 12.8. The lowest BCUT2D eigenvalue weighted by Crippen LogP contribution is -2.63. The largest absolute Gasteiger partial charge is 0.481 e. The van der Waals surface area contributed by atoms with Crippen LogP contribution in [0.2, 0.25) is 0 Å². The van der Waals surface area contributed by atoms with Gasteiger partial charge in [0, 0.05) is 13.1 Å². The highest BCUT2D eigenvalue weighted by Gasteiger charge is 2.56. The van der Waals surface area contributed by atoms with Gasteiger partial charge < -0.3 is 15.7 Å². The predicted octanol–water partition coefficient (Wildman–Crippen LogP) is 1.62. The molecule has 0 spiro atoms. The number of nitrogens with two attached hydrogens (primary N) is 1. The smallest absolute Gasteiger partial charge is 0.415 e. The second kappa shape index (κ2) is 5.47. The summed E-state index contributed by atoms with van der Waals surface area (Å²) >= 11 is 0. The molecular formula is C13H21F3N2O3. The molecule has 0 aromatic heterocycles. The Morgan fingerprint density at radius 1 is 1.24 bits per heavy atom. The highest BCUT2D eigenvalue weighted by Crippen LogP contribution is 2.36. The van der Waals surface area contributed by atoms with E-state index in [2.05, 4.69) is 0 Å². The monoisotopic (exact) mass is 310 g/mol. The third-order valence-corrected chi connectivity index (χ3v) is 4.31. The Morgan fingerprint density at radius 3 is 2.19 bits per heavy atom. The standard InChI is InChI=1S/C13H21F3N2O3/c1-11(2,10(20)21)8-5-4-6-18(7-8)9(19)12(3,17)13(14,15)16/h8H,4-7,17H2,1-3H3,(H,20,21). The van der Waals surface area contributed by atoms with Gasteiger partial charge in [-0.1, -0.05) is 0 Å². The number of rotatable bonds is 3. The van der Waals surface area contributed by atoms with E-state index in [1.165, 1.54) is 13.8 Å². The van der Waals surface area contributed by atoms with Crippen LogP contribution in [0.3, 0.4) is 0 Å². The molecule has 1 amide bonds. The van der Waals surface area contributed by atoms with Crippen molar-refractivity contribution in [2.45, 2.75) is 45.3 Å². The van der Waals surface area contributed by atoms with Crippen molar-refractivity contribution in [1.29, 1.82) is 0 Å². The maximum Gasteiger partial charge on any atom is 0.415 e. The first-order valence-electron chi connectivity index (χ1n) is 6.70. The second-order valence-electron chi connectivity index (χ2n) is 6.32. The summed E-state index contributed by atoms with van der Waals surface area (Å²) in [7, 11) is 0. The van der Waals surface area contributed by atoms with Gasteiger partial charge in [-0.2, -0.15) is 13.2 Å². The van der Waals surface area contributed by atoms with E-state index in [-0.39, 0.29) is 13.1 Å². The Morgan fingerprint density at radius 2 is 1.76 bits per heavy atom. The molecule has 21 heavy (non-hydrogen) atoms. The van der Waals surface area contributed by atoms with Crippen molar-refractivity contribution in [3.63, 3.8) is 0 Å². The molecule has 3 N–H and O–H groups in total. The maximum absolute atomic E-state index is 12.8. The van der Waals surface area contributed by atoms with E-state index < -0.39 is 34.9 Å². The third-order valence-electron chi connectivity index (χ3n) is 4.31. The topological polar surface area (TPSA) is 83.6 Å². The summed E-state index contributed by atoms with van der Waals surface area (Å²) in [5.41, 5.74) is 1.08. The van der Waals surface area contributed by atoms with Crippen molar-refractivity contribution in [2.75, 3.05) is 13.1 Å². The van der Waals surface area contributed by atoms with Gasteiger partial charge in [-0.05, 0) is 39.5 Å². The van der Waals surface area contributed by atoms with Crippen LogP contribution in [-0.4, -0.2) is 46.7 Å². The van der Waals surface area contributed by atoms with Crippen molar-refractivity contribution in [3.05, 3.63) is 0 Å². The molecule has 1 saturated heterocycles. The molecule has 2 unspecified atom stereocenters. The van der Waals surface area contributed by atoms with E-state index >= 15 is 0 Å². The number of nitrogens with zero attached hydrogens (tertiary/aromatic N) is 1. The summed E-state index contributed by atoms with van der Waals surface area (Å²) < 4.78 is 38.5. The molecule has 5 nitrogen and oxygen atoms in total. The van der Waals surface area contributed by atoms with Crippen LogP contribution in [0.5, 0.6) is 0 Å². The number of carbonyl (C=O) groups excluding carboxylic acids is 1. The van der Waals surface area contributed by atoms with Gasteiger partial charge in [0.2, 0.25) is 0 Å². The molecule has 8 heteroatoms. The minimum absolute atomic E-state index is 0.0268. The van der Waals surface area contributed by atoms with E-state index in [0.717, 1.165) is 4.90 Å². The molecule has 1 fully saturated rings. The third kappa shape index (κ3) is 3.30. The zero-order valence-corrected chi connectivity index (χ0v) is 12.3. The van der Waals surface area contributed by atoms with E-state index in [1.54, 1.807) is 0 Å². The fourth-order valence-corrected chi connectivity index (χ4v) is 2.37. The molecular weight excluding hydrogens is 289 g/mol. The summed E-state index contributed by atoms with van der Waals surface area (Å²) in [5, 5.41) is 9.20. The minimum Gasteiger partial charge on any atom is -0.481 e. The quantitative estimate of drug-likeness (QED) is 0.829. The van der Waals surface area contributed by atoms with Crippen LogP contribution in [0.15, 0.2) is 0 Å². The number of halogens is 3. The molecule has 2 atom stereocenters. The Hall–Kier alpha value is -1.31. The van der Waals surface area contributed by atoms with E-state index in [4.69, 9.17) is 5.73 Å². The summed E-state index contributed by atoms with van der Waals surface area (Å²) in [5.74, 6) is -2.65. The number of carboxylic acids is 1. The zero-order chi connectivity index (χ0) is 16.6.